The highest BCUT2D eigenvalue weighted by Crippen LogP contribution is 2.38. The molecule has 3 rings (SSSR count). The van der Waals surface area contributed by atoms with Crippen LogP contribution in [0.4, 0.5) is 0 Å². The number of carbonyl (C=O) groups is 1. The van der Waals surface area contributed by atoms with Gasteiger partial charge in [0.1, 0.15) is 0 Å². The van der Waals surface area contributed by atoms with Gasteiger partial charge in [0, 0.05) is 30.7 Å². The first-order valence-corrected chi connectivity index (χ1v) is 6.99. The topological polar surface area (TPSA) is 53.9 Å². The highest BCUT2D eigenvalue weighted by Gasteiger charge is 2.29. The molecule has 2 heterocycles. The summed E-state index contributed by atoms with van der Waals surface area (Å²) in [7, 11) is 1.83. The predicted octanol–water partition coefficient (Wildman–Crippen LogP) is 2.44. The summed E-state index contributed by atoms with van der Waals surface area (Å²) < 4.78 is 2.30. The number of carbonyl (C=O) groups excluding carboxylic acids is 1. The van der Waals surface area contributed by atoms with E-state index in [2.05, 4.69) is 21.5 Å². The Bertz CT molecular complexity index is 623. The minimum absolute atomic E-state index is 0.0691. The molecular weight excluding hydrogens is 252 g/mol. The van der Waals surface area contributed by atoms with Crippen molar-refractivity contribution in [3.63, 3.8) is 0 Å². The summed E-state index contributed by atoms with van der Waals surface area (Å²) in [5, 5.41) is 0. The van der Waals surface area contributed by atoms with Gasteiger partial charge in [-0.1, -0.05) is 0 Å². The molecule has 0 spiro atoms. The molecule has 20 heavy (non-hydrogen) atoms. The molecule has 0 saturated heterocycles. The van der Waals surface area contributed by atoms with Crippen molar-refractivity contribution in [1.82, 2.24) is 19.4 Å². The van der Waals surface area contributed by atoms with Crippen molar-refractivity contribution in [2.75, 3.05) is 7.05 Å². The van der Waals surface area contributed by atoms with Gasteiger partial charge in [-0.3, -0.25) is 4.79 Å². The monoisotopic (exact) mass is 272 g/mol. The summed E-state index contributed by atoms with van der Waals surface area (Å²) in [6, 6.07) is 2.62. The van der Waals surface area contributed by atoms with Crippen LogP contribution in [0.3, 0.4) is 0 Å². The van der Waals surface area contributed by atoms with Gasteiger partial charge in [-0.05, 0) is 32.8 Å². The van der Waals surface area contributed by atoms with Crippen LogP contribution in [0.5, 0.6) is 0 Å². The fourth-order valence-electron chi connectivity index (χ4n) is 2.79. The number of H-pyrrole nitrogens is 1. The minimum atomic E-state index is 0.0691. The summed E-state index contributed by atoms with van der Waals surface area (Å²) in [6.45, 7) is 4.67. The van der Waals surface area contributed by atoms with E-state index in [1.807, 2.05) is 20.0 Å². The van der Waals surface area contributed by atoms with Gasteiger partial charge in [-0.25, -0.2) is 4.98 Å². The zero-order valence-electron chi connectivity index (χ0n) is 12.2. The lowest BCUT2D eigenvalue weighted by molar-refractivity contribution is 0.0782. The second kappa shape index (κ2) is 4.81. The van der Waals surface area contributed by atoms with E-state index in [9.17, 15) is 4.79 Å². The van der Waals surface area contributed by atoms with E-state index in [1.165, 1.54) is 18.5 Å². The van der Waals surface area contributed by atoms with Crippen LogP contribution in [0.1, 0.15) is 46.3 Å². The number of aromatic nitrogens is 3. The molecule has 5 heteroatoms. The van der Waals surface area contributed by atoms with Gasteiger partial charge in [-0.2, -0.15) is 0 Å². The van der Waals surface area contributed by atoms with Crippen LogP contribution in [0.25, 0.3) is 0 Å². The fourth-order valence-corrected chi connectivity index (χ4v) is 2.79. The number of imidazole rings is 1. The highest BCUT2D eigenvalue weighted by atomic mass is 16.2. The molecular formula is C15H20N4O. The Kier molecular flexibility index (Phi) is 3.12. The summed E-state index contributed by atoms with van der Waals surface area (Å²) in [5.74, 6) is 0.0691. The van der Waals surface area contributed by atoms with Crippen LogP contribution < -0.4 is 0 Å². The van der Waals surface area contributed by atoms with E-state index in [4.69, 9.17) is 0 Å². The second-order valence-corrected chi connectivity index (χ2v) is 5.62. The van der Waals surface area contributed by atoms with Crippen molar-refractivity contribution >= 4 is 5.91 Å². The smallest absolute Gasteiger partial charge is 0.255 e. The summed E-state index contributed by atoms with van der Waals surface area (Å²) in [4.78, 5) is 21.3. The molecule has 5 nitrogen and oxygen atoms in total. The third-order valence-corrected chi connectivity index (χ3v) is 3.94. The number of hydrogen-bond acceptors (Lipinski definition) is 2. The van der Waals surface area contributed by atoms with Crippen LogP contribution in [0.15, 0.2) is 18.6 Å². The molecule has 2 aromatic heterocycles. The zero-order chi connectivity index (χ0) is 14.3. The van der Waals surface area contributed by atoms with Crippen LogP contribution in [-0.2, 0) is 6.54 Å². The molecule has 0 radical (unpaired) electrons. The highest BCUT2D eigenvalue weighted by molar-refractivity contribution is 5.95. The molecule has 1 aliphatic carbocycles. The number of aryl methyl sites for hydroxylation is 1. The molecule has 0 aliphatic heterocycles. The largest absolute Gasteiger partial charge is 0.347 e. The zero-order valence-corrected chi connectivity index (χ0v) is 12.2. The van der Waals surface area contributed by atoms with Crippen molar-refractivity contribution < 1.29 is 4.79 Å². The van der Waals surface area contributed by atoms with Gasteiger partial charge in [0.05, 0.1) is 24.1 Å². The van der Waals surface area contributed by atoms with E-state index >= 15 is 0 Å². The summed E-state index contributed by atoms with van der Waals surface area (Å²) in [6.07, 6.45) is 5.84. The van der Waals surface area contributed by atoms with Crippen LogP contribution in [0.2, 0.25) is 0 Å². The van der Waals surface area contributed by atoms with Gasteiger partial charge >= 0.3 is 0 Å². The number of nitrogens with one attached hydrogen (secondary N) is 1. The summed E-state index contributed by atoms with van der Waals surface area (Å²) >= 11 is 0. The molecule has 1 fully saturated rings. The normalized spacial score (nSPS) is 14.6. The van der Waals surface area contributed by atoms with Crippen molar-refractivity contribution in [2.24, 2.45) is 0 Å². The molecule has 1 saturated carbocycles. The molecule has 106 valence electrons. The number of rotatable bonds is 4. The first kappa shape index (κ1) is 13.0. The molecule has 2 aromatic rings. The van der Waals surface area contributed by atoms with Crippen LogP contribution >= 0.6 is 0 Å². The van der Waals surface area contributed by atoms with Gasteiger partial charge in [0.25, 0.3) is 5.91 Å². The Hall–Kier alpha value is -2.04. The van der Waals surface area contributed by atoms with Gasteiger partial charge in [0.15, 0.2) is 0 Å². The lowest BCUT2D eigenvalue weighted by Gasteiger charge is -2.16. The maximum absolute atomic E-state index is 12.6. The molecule has 1 amide bonds. The van der Waals surface area contributed by atoms with E-state index in [0.717, 1.165) is 17.0 Å². The number of nitrogens with zero attached hydrogens (tertiary/aromatic N) is 3. The third kappa shape index (κ3) is 2.24. The molecule has 1 aliphatic rings. The van der Waals surface area contributed by atoms with Crippen molar-refractivity contribution in [3.8, 4) is 0 Å². The molecule has 0 atom stereocenters. The predicted molar refractivity (Wildman–Crippen MR) is 76.6 cm³/mol. The van der Waals surface area contributed by atoms with Crippen LogP contribution in [0, 0.1) is 13.8 Å². The van der Waals surface area contributed by atoms with Gasteiger partial charge < -0.3 is 14.5 Å². The minimum Gasteiger partial charge on any atom is -0.347 e. The van der Waals surface area contributed by atoms with Crippen molar-refractivity contribution in [1.29, 1.82) is 0 Å². The number of hydrogen-bond donors (Lipinski definition) is 1. The average Bonchev–Trinajstić information content (AvgIpc) is 3.02. The molecule has 0 unspecified atom stereocenters. The van der Waals surface area contributed by atoms with E-state index in [0.29, 0.717) is 12.6 Å². The van der Waals surface area contributed by atoms with E-state index in [-0.39, 0.29) is 5.91 Å². The Morgan fingerprint density at radius 1 is 1.50 bits per heavy atom. The lowest BCUT2D eigenvalue weighted by atomic mass is 10.2. The van der Waals surface area contributed by atoms with Crippen molar-refractivity contribution in [3.05, 3.63) is 41.2 Å². The number of aromatic amines is 1. The third-order valence-electron chi connectivity index (χ3n) is 3.94. The lowest BCUT2D eigenvalue weighted by Crippen LogP contribution is -2.26. The number of amides is 1. The quantitative estimate of drug-likeness (QED) is 0.929. The molecule has 1 N–H and O–H groups in total. The first-order valence-electron chi connectivity index (χ1n) is 6.99. The standard InChI is InChI=1S/C15H20N4O/c1-10-6-14(11(2)19(10)13-4-5-13)15(20)18(3)8-12-7-16-9-17-12/h6-7,9,13H,4-5,8H2,1-3H3,(H,16,17). The fraction of sp³-hybridized carbons (Fsp3) is 0.467. The Morgan fingerprint density at radius 2 is 2.25 bits per heavy atom. The van der Waals surface area contributed by atoms with E-state index in [1.54, 1.807) is 17.4 Å². The molecule has 0 aromatic carbocycles. The van der Waals surface area contributed by atoms with Gasteiger partial charge in [0.2, 0.25) is 0 Å². The average molecular weight is 272 g/mol. The Labute approximate surface area is 118 Å². The van der Waals surface area contributed by atoms with Crippen molar-refractivity contribution in [2.45, 2.75) is 39.3 Å². The SMILES string of the molecule is Cc1cc(C(=O)N(C)Cc2cnc[nH]2)c(C)n1C1CC1. The maximum atomic E-state index is 12.6. The van der Waals surface area contributed by atoms with E-state index < -0.39 is 0 Å². The molecule has 0 bridgehead atoms. The van der Waals surface area contributed by atoms with Gasteiger partial charge in [-0.15, -0.1) is 0 Å². The Balaban J connectivity index is 1.81. The maximum Gasteiger partial charge on any atom is 0.255 e. The van der Waals surface area contributed by atoms with Crippen LogP contribution in [-0.4, -0.2) is 32.4 Å². The summed E-state index contributed by atoms with van der Waals surface area (Å²) in [5.41, 5.74) is 4.03. The first-order chi connectivity index (χ1) is 9.58. The second-order valence-electron chi connectivity index (χ2n) is 5.62. The Morgan fingerprint density at radius 3 is 2.85 bits per heavy atom.